The fourth-order valence-electron chi connectivity index (χ4n) is 2.85. The number of carbonyl (C=O) groups is 1. The molecule has 0 radical (unpaired) electrons. The van der Waals surface area contributed by atoms with Crippen molar-refractivity contribution in [2.24, 2.45) is 11.8 Å². The summed E-state index contributed by atoms with van der Waals surface area (Å²) in [5.74, 6) is -1.00. The Balaban J connectivity index is 3.41. The Labute approximate surface area is 126 Å². The normalized spacial score (nSPS) is 14.2. The lowest BCUT2D eigenvalue weighted by Gasteiger charge is -2.26. The smallest absolute Gasteiger partial charge is 0.348 e. The average molecular weight is 294 g/mol. The first-order valence-corrected chi connectivity index (χ1v) is 7.52. The van der Waals surface area contributed by atoms with Crippen molar-refractivity contribution in [2.45, 2.75) is 60.4 Å². The predicted molar refractivity (Wildman–Crippen MR) is 82.6 cm³/mol. The molecule has 0 amide bonds. The number of hydrogen-bond donors (Lipinski definition) is 1. The number of rotatable bonds is 6. The minimum absolute atomic E-state index is 0.0875. The highest BCUT2D eigenvalue weighted by Crippen LogP contribution is 2.24. The molecule has 1 heterocycles. The van der Waals surface area contributed by atoms with E-state index in [4.69, 9.17) is 5.11 Å². The second-order valence-corrected chi connectivity index (χ2v) is 6.08. The van der Waals surface area contributed by atoms with Crippen molar-refractivity contribution in [2.75, 3.05) is 0 Å². The first-order valence-electron chi connectivity index (χ1n) is 7.52. The molecule has 1 rings (SSSR count). The van der Waals surface area contributed by atoms with Gasteiger partial charge < -0.3 is 5.11 Å². The Morgan fingerprint density at radius 1 is 1.29 bits per heavy atom. The molecule has 0 aliphatic rings. The van der Waals surface area contributed by atoms with Crippen LogP contribution in [0.2, 0.25) is 0 Å². The van der Waals surface area contributed by atoms with Crippen molar-refractivity contribution in [3.63, 3.8) is 0 Å². The van der Waals surface area contributed by atoms with Crippen molar-refractivity contribution in [3.8, 4) is 0 Å². The van der Waals surface area contributed by atoms with Gasteiger partial charge >= 0.3 is 11.7 Å². The summed E-state index contributed by atoms with van der Waals surface area (Å²) < 4.78 is 1.74. The van der Waals surface area contributed by atoms with Gasteiger partial charge in [-0.3, -0.25) is 9.36 Å². The number of carboxylic acids is 1. The molecular formula is C16H26N2O3. The molecule has 0 aliphatic carbocycles. The summed E-state index contributed by atoms with van der Waals surface area (Å²) in [5.41, 5.74) is 2.13. The highest BCUT2D eigenvalue weighted by Gasteiger charge is 2.22. The molecule has 0 saturated heterocycles. The zero-order valence-electron chi connectivity index (χ0n) is 13.8. The molecule has 118 valence electrons. The predicted octanol–water partition coefficient (Wildman–Crippen LogP) is 2.73. The van der Waals surface area contributed by atoms with Gasteiger partial charge in [-0.25, -0.2) is 4.79 Å². The highest BCUT2D eigenvalue weighted by molar-refractivity contribution is 5.70. The minimum atomic E-state index is -0.831. The van der Waals surface area contributed by atoms with E-state index in [1.165, 1.54) is 0 Å². The lowest BCUT2D eigenvalue weighted by Crippen LogP contribution is -2.33. The van der Waals surface area contributed by atoms with Crippen LogP contribution in [0.1, 0.15) is 57.1 Å². The maximum absolute atomic E-state index is 12.3. The molecule has 0 spiro atoms. The van der Waals surface area contributed by atoms with Gasteiger partial charge in [-0.2, -0.15) is 4.98 Å². The van der Waals surface area contributed by atoms with Gasteiger partial charge in [-0.05, 0) is 38.2 Å². The second kappa shape index (κ2) is 6.87. The van der Waals surface area contributed by atoms with E-state index in [2.05, 4.69) is 25.8 Å². The lowest BCUT2D eigenvalue weighted by molar-refractivity contribution is -0.141. The Hall–Kier alpha value is -1.65. The van der Waals surface area contributed by atoms with Crippen LogP contribution in [0.15, 0.2) is 4.79 Å². The third-order valence-corrected chi connectivity index (χ3v) is 4.16. The molecule has 2 unspecified atom stereocenters. The summed E-state index contributed by atoms with van der Waals surface area (Å²) in [6.45, 7) is 11.6. The molecule has 1 aromatic rings. The van der Waals surface area contributed by atoms with E-state index in [0.29, 0.717) is 18.0 Å². The Morgan fingerprint density at radius 3 is 2.29 bits per heavy atom. The fraction of sp³-hybridized carbons (Fsp3) is 0.688. The van der Waals surface area contributed by atoms with Gasteiger partial charge in [-0.1, -0.05) is 27.7 Å². The fourth-order valence-corrected chi connectivity index (χ4v) is 2.85. The van der Waals surface area contributed by atoms with E-state index in [0.717, 1.165) is 17.7 Å². The van der Waals surface area contributed by atoms with E-state index in [1.54, 1.807) is 18.4 Å². The Kier molecular flexibility index (Phi) is 5.70. The lowest BCUT2D eigenvalue weighted by atomic mass is 9.96. The molecule has 5 nitrogen and oxygen atoms in total. The van der Waals surface area contributed by atoms with Crippen molar-refractivity contribution < 1.29 is 9.90 Å². The number of aryl methyl sites for hydroxylation is 1. The monoisotopic (exact) mass is 294 g/mol. The highest BCUT2D eigenvalue weighted by atomic mass is 16.4. The molecular weight excluding hydrogens is 268 g/mol. The van der Waals surface area contributed by atoms with Crippen molar-refractivity contribution >= 4 is 5.97 Å². The van der Waals surface area contributed by atoms with E-state index >= 15 is 0 Å². The number of aromatic nitrogens is 2. The van der Waals surface area contributed by atoms with Gasteiger partial charge in [0.1, 0.15) is 0 Å². The van der Waals surface area contributed by atoms with Crippen LogP contribution in [0.25, 0.3) is 0 Å². The number of nitrogens with zero attached hydrogens (tertiary/aromatic N) is 2. The molecule has 0 fully saturated rings. The van der Waals surface area contributed by atoms with E-state index in [1.807, 2.05) is 6.92 Å². The van der Waals surface area contributed by atoms with Gasteiger partial charge in [0.25, 0.3) is 0 Å². The maximum Gasteiger partial charge on any atom is 0.348 e. The summed E-state index contributed by atoms with van der Waals surface area (Å²) in [7, 11) is 0. The van der Waals surface area contributed by atoms with Crippen LogP contribution < -0.4 is 5.69 Å². The molecule has 2 atom stereocenters. The van der Waals surface area contributed by atoms with Gasteiger partial charge in [0.05, 0.1) is 5.92 Å². The van der Waals surface area contributed by atoms with Crippen molar-refractivity contribution in [1.82, 2.24) is 9.55 Å². The molecule has 1 aromatic heterocycles. The van der Waals surface area contributed by atoms with Gasteiger partial charge in [0, 0.05) is 17.4 Å². The van der Waals surface area contributed by atoms with Crippen LogP contribution >= 0.6 is 0 Å². The third-order valence-electron chi connectivity index (χ3n) is 4.16. The van der Waals surface area contributed by atoms with Crippen LogP contribution in [0.4, 0.5) is 0 Å². The molecule has 0 aromatic carbocycles. The molecule has 5 heteroatoms. The van der Waals surface area contributed by atoms with Crippen LogP contribution in [-0.2, 0) is 11.2 Å². The van der Waals surface area contributed by atoms with Gasteiger partial charge in [0.15, 0.2) is 0 Å². The summed E-state index contributed by atoms with van der Waals surface area (Å²) in [4.78, 5) is 27.5. The standard InChI is InChI=1S/C16H26N2O3/c1-7-14(9(2)3)18-12(6)13(8-10(4)15(19)20)11(5)17-16(18)21/h9-10,14H,7-8H2,1-6H3,(H,19,20). The average Bonchev–Trinajstić information content (AvgIpc) is 2.38. The SMILES string of the molecule is CCC(C(C)C)n1c(C)c(CC(C)C(=O)O)c(C)nc1=O. The van der Waals surface area contributed by atoms with Crippen LogP contribution in [0.3, 0.4) is 0 Å². The maximum atomic E-state index is 12.3. The molecule has 0 saturated carbocycles. The topological polar surface area (TPSA) is 72.2 Å². The van der Waals surface area contributed by atoms with Crippen molar-refractivity contribution in [1.29, 1.82) is 0 Å². The molecule has 0 bridgehead atoms. The number of carboxylic acid groups (broad SMARTS) is 1. The summed E-state index contributed by atoms with van der Waals surface area (Å²) in [5, 5.41) is 9.10. The van der Waals surface area contributed by atoms with E-state index in [9.17, 15) is 9.59 Å². The third kappa shape index (κ3) is 3.71. The largest absolute Gasteiger partial charge is 0.481 e. The Bertz CT molecular complexity index is 576. The Morgan fingerprint density at radius 2 is 1.86 bits per heavy atom. The first kappa shape index (κ1) is 17.4. The summed E-state index contributed by atoms with van der Waals surface area (Å²) in [6.07, 6.45) is 1.24. The summed E-state index contributed by atoms with van der Waals surface area (Å²) >= 11 is 0. The number of hydrogen-bond acceptors (Lipinski definition) is 3. The molecule has 1 N–H and O–H groups in total. The van der Waals surface area contributed by atoms with E-state index < -0.39 is 11.9 Å². The zero-order valence-corrected chi connectivity index (χ0v) is 13.8. The van der Waals surface area contributed by atoms with Gasteiger partial charge in [-0.15, -0.1) is 0 Å². The second-order valence-electron chi connectivity index (χ2n) is 6.08. The molecule has 21 heavy (non-hydrogen) atoms. The first-order chi connectivity index (χ1) is 9.70. The minimum Gasteiger partial charge on any atom is -0.481 e. The molecule has 0 aliphatic heterocycles. The zero-order chi connectivity index (χ0) is 16.3. The number of aliphatic carboxylic acids is 1. The van der Waals surface area contributed by atoms with Gasteiger partial charge in [0.2, 0.25) is 0 Å². The van der Waals surface area contributed by atoms with E-state index in [-0.39, 0.29) is 11.7 Å². The summed E-state index contributed by atoms with van der Waals surface area (Å²) in [6, 6.07) is 0.0875. The van der Waals surface area contributed by atoms with Crippen LogP contribution in [0, 0.1) is 25.7 Å². The van der Waals surface area contributed by atoms with Crippen LogP contribution in [-0.4, -0.2) is 20.6 Å². The van der Waals surface area contributed by atoms with Crippen LogP contribution in [0.5, 0.6) is 0 Å². The van der Waals surface area contributed by atoms with Crippen molar-refractivity contribution in [3.05, 3.63) is 27.4 Å². The quantitative estimate of drug-likeness (QED) is 0.875.